The second-order valence-corrected chi connectivity index (χ2v) is 4.75. The van der Waals surface area contributed by atoms with E-state index in [0.29, 0.717) is 12.5 Å². The standard InChI is InChI=1S/C13H20N2O3/c1-2-18-8-11(16)7-15-9-14-12(6-13(15)17)10-4-3-5-10/h6,9-11,16H,2-5,7-8H2,1H3/t11-/m1/s1. The fraction of sp³-hybridized carbons (Fsp3) is 0.692. The molecule has 1 fully saturated rings. The van der Waals surface area contributed by atoms with Crippen molar-refractivity contribution in [1.82, 2.24) is 9.55 Å². The maximum absolute atomic E-state index is 11.9. The Bertz CT molecular complexity index is 440. The van der Waals surface area contributed by atoms with Gasteiger partial charge in [-0.2, -0.15) is 0 Å². The van der Waals surface area contributed by atoms with Gasteiger partial charge in [-0.1, -0.05) is 6.42 Å². The van der Waals surface area contributed by atoms with Gasteiger partial charge in [-0.05, 0) is 19.8 Å². The summed E-state index contributed by atoms with van der Waals surface area (Å²) >= 11 is 0. The fourth-order valence-corrected chi connectivity index (χ4v) is 2.04. The highest BCUT2D eigenvalue weighted by atomic mass is 16.5. The Morgan fingerprint density at radius 1 is 1.61 bits per heavy atom. The molecule has 18 heavy (non-hydrogen) atoms. The van der Waals surface area contributed by atoms with Crippen molar-refractivity contribution in [3.05, 3.63) is 28.4 Å². The average molecular weight is 252 g/mol. The summed E-state index contributed by atoms with van der Waals surface area (Å²) < 4.78 is 6.55. The van der Waals surface area contributed by atoms with E-state index < -0.39 is 6.10 Å². The van der Waals surface area contributed by atoms with Crippen LogP contribution in [-0.2, 0) is 11.3 Å². The summed E-state index contributed by atoms with van der Waals surface area (Å²) in [6.45, 7) is 2.91. The summed E-state index contributed by atoms with van der Waals surface area (Å²) in [4.78, 5) is 16.2. The molecule has 1 aromatic heterocycles. The van der Waals surface area contributed by atoms with Crippen molar-refractivity contribution in [2.24, 2.45) is 0 Å². The van der Waals surface area contributed by atoms with E-state index in [-0.39, 0.29) is 18.7 Å². The van der Waals surface area contributed by atoms with E-state index in [9.17, 15) is 9.90 Å². The molecule has 1 aliphatic carbocycles. The van der Waals surface area contributed by atoms with Crippen LogP contribution in [0.25, 0.3) is 0 Å². The zero-order valence-electron chi connectivity index (χ0n) is 10.7. The maximum atomic E-state index is 11.9. The molecule has 1 atom stereocenters. The van der Waals surface area contributed by atoms with Crippen molar-refractivity contribution in [2.45, 2.75) is 44.8 Å². The molecule has 1 aromatic rings. The van der Waals surface area contributed by atoms with E-state index in [1.54, 1.807) is 6.07 Å². The Labute approximate surface area is 106 Å². The summed E-state index contributed by atoms with van der Waals surface area (Å²) in [5.74, 6) is 0.459. The van der Waals surface area contributed by atoms with Crippen molar-refractivity contribution in [3.63, 3.8) is 0 Å². The molecule has 1 saturated carbocycles. The Hall–Kier alpha value is -1.20. The molecule has 0 aliphatic heterocycles. The molecule has 5 nitrogen and oxygen atoms in total. The van der Waals surface area contributed by atoms with Gasteiger partial charge in [-0.25, -0.2) is 4.98 Å². The molecule has 1 aliphatic rings. The molecule has 0 aromatic carbocycles. The Balaban J connectivity index is 1.98. The van der Waals surface area contributed by atoms with Gasteiger partial charge in [-0.3, -0.25) is 9.36 Å². The predicted octanol–water partition coefficient (Wildman–Crippen LogP) is 0.908. The van der Waals surface area contributed by atoms with Gasteiger partial charge in [-0.15, -0.1) is 0 Å². The Morgan fingerprint density at radius 2 is 2.39 bits per heavy atom. The molecule has 0 saturated heterocycles. The monoisotopic (exact) mass is 252 g/mol. The van der Waals surface area contributed by atoms with Gasteiger partial charge in [0.25, 0.3) is 5.56 Å². The second kappa shape index (κ2) is 6.11. The summed E-state index contributed by atoms with van der Waals surface area (Å²) in [7, 11) is 0. The third-order valence-electron chi connectivity index (χ3n) is 3.35. The van der Waals surface area contributed by atoms with Crippen LogP contribution in [0.5, 0.6) is 0 Å². The normalized spacial score (nSPS) is 17.4. The minimum absolute atomic E-state index is 0.0950. The molecule has 0 spiro atoms. The number of aliphatic hydroxyl groups excluding tert-OH is 1. The Kier molecular flexibility index (Phi) is 4.49. The van der Waals surface area contributed by atoms with Crippen molar-refractivity contribution in [2.75, 3.05) is 13.2 Å². The largest absolute Gasteiger partial charge is 0.389 e. The highest BCUT2D eigenvalue weighted by molar-refractivity contribution is 5.09. The minimum Gasteiger partial charge on any atom is -0.389 e. The number of rotatable bonds is 6. The van der Waals surface area contributed by atoms with E-state index in [1.165, 1.54) is 17.3 Å². The van der Waals surface area contributed by atoms with Crippen LogP contribution in [0, 0.1) is 0 Å². The maximum Gasteiger partial charge on any atom is 0.253 e. The van der Waals surface area contributed by atoms with Gasteiger partial charge < -0.3 is 9.84 Å². The highest BCUT2D eigenvalue weighted by Crippen LogP contribution is 2.34. The first-order valence-electron chi connectivity index (χ1n) is 6.53. The van der Waals surface area contributed by atoms with Crippen LogP contribution < -0.4 is 5.56 Å². The third-order valence-corrected chi connectivity index (χ3v) is 3.35. The zero-order valence-corrected chi connectivity index (χ0v) is 10.7. The Morgan fingerprint density at radius 3 is 2.94 bits per heavy atom. The first-order chi connectivity index (χ1) is 8.70. The number of aliphatic hydroxyl groups is 1. The lowest BCUT2D eigenvalue weighted by Crippen LogP contribution is -2.30. The van der Waals surface area contributed by atoms with Gasteiger partial charge in [0.1, 0.15) is 0 Å². The average Bonchev–Trinajstić information content (AvgIpc) is 2.28. The number of hydrogen-bond acceptors (Lipinski definition) is 4. The van der Waals surface area contributed by atoms with Crippen molar-refractivity contribution >= 4 is 0 Å². The van der Waals surface area contributed by atoms with Gasteiger partial charge in [0.05, 0.1) is 31.3 Å². The lowest BCUT2D eigenvalue weighted by atomic mass is 9.83. The summed E-state index contributed by atoms with van der Waals surface area (Å²) in [6, 6.07) is 1.59. The molecule has 0 unspecified atom stereocenters. The first-order valence-corrected chi connectivity index (χ1v) is 6.53. The van der Waals surface area contributed by atoms with Crippen LogP contribution in [0.1, 0.15) is 37.8 Å². The van der Waals surface area contributed by atoms with Crippen LogP contribution in [0.2, 0.25) is 0 Å². The van der Waals surface area contributed by atoms with Gasteiger partial charge in [0, 0.05) is 18.6 Å². The molecule has 0 radical (unpaired) electrons. The lowest BCUT2D eigenvalue weighted by molar-refractivity contribution is 0.0328. The summed E-state index contributed by atoms with van der Waals surface area (Å²) in [5.41, 5.74) is 0.796. The first kappa shape index (κ1) is 13.2. The van der Waals surface area contributed by atoms with Crippen molar-refractivity contribution < 1.29 is 9.84 Å². The molecular formula is C13H20N2O3. The number of nitrogens with zero attached hydrogens (tertiary/aromatic N) is 2. The molecule has 0 amide bonds. The van der Waals surface area contributed by atoms with Crippen LogP contribution in [0.3, 0.4) is 0 Å². The van der Waals surface area contributed by atoms with Crippen molar-refractivity contribution in [3.8, 4) is 0 Å². The van der Waals surface area contributed by atoms with Crippen LogP contribution in [-0.4, -0.2) is 34.0 Å². The van der Waals surface area contributed by atoms with E-state index >= 15 is 0 Å². The topological polar surface area (TPSA) is 64.3 Å². The number of aromatic nitrogens is 2. The van der Waals surface area contributed by atoms with E-state index in [1.807, 2.05) is 6.92 Å². The predicted molar refractivity (Wildman–Crippen MR) is 67.6 cm³/mol. The van der Waals surface area contributed by atoms with E-state index in [0.717, 1.165) is 18.5 Å². The minimum atomic E-state index is -0.668. The fourth-order valence-electron chi connectivity index (χ4n) is 2.04. The van der Waals surface area contributed by atoms with Crippen LogP contribution >= 0.6 is 0 Å². The summed E-state index contributed by atoms with van der Waals surface area (Å²) in [6.07, 6.45) is 4.35. The molecule has 1 N–H and O–H groups in total. The molecule has 100 valence electrons. The van der Waals surface area contributed by atoms with E-state index in [4.69, 9.17) is 4.74 Å². The quantitative estimate of drug-likeness (QED) is 0.817. The zero-order chi connectivity index (χ0) is 13.0. The molecule has 0 bridgehead atoms. The molecular weight excluding hydrogens is 232 g/mol. The molecule has 1 heterocycles. The summed E-state index contributed by atoms with van der Waals surface area (Å²) in [5, 5.41) is 9.68. The highest BCUT2D eigenvalue weighted by Gasteiger charge is 2.21. The van der Waals surface area contributed by atoms with Crippen molar-refractivity contribution in [1.29, 1.82) is 0 Å². The number of ether oxygens (including phenoxy) is 1. The van der Waals surface area contributed by atoms with E-state index in [2.05, 4.69) is 4.98 Å². The van der Waals surface area contributed by atoms with Gasteiger partial charge >= 0.3 is 0 Å². The second-order valence-electron chi connectivity index (χ2n) is 4.75. The molecule has 2 rings (SSSR count). The van der Waals surface area contributed by atoms with Gasteiger partial charge in [0.15, 0.2) is 0 Å². The third kappa shape index (κ3) is 3.17. The lowest BCUT2D eigenvalue weighted by Gasteiger charge is -2.24. The molecule has 5 heteroatoms. The SMILES string of the molecule is CCOC[C@H](O)Cn1cnc(C2CCC2)cc1=O. The van der Waals surface area contributed by atoms with Gasteiger partial charge in [0.2, 0.25) is 0 Å². The van der Waals surface area contributed by atoms with Crippen LogP contribution in [0.15, 0.2) is 17.2 Å². The smallest absolute Gasteiger partial charge is 0.253 e. The number of hydrogen-bond donors (Lipinski definition) is 1. The van der Waals surface area contributed by atoms with Crippen LogP contribution in [0.4, 0.5) is 0 Å².